The van der Waals surface area contributed by atoms with Gasteiger partial charge in [-0.15, -0.1) is 0 Å². The Balaban J connectivity index is 2.22. The Kier molecular flexibility index (Phi) is 6.04. The fourth-order valence-electron chi connectivity index (χ4n) is 2.25. The highest BCUT2D eigenvalue weighted by molar-refractivity contribution is 6.35. The number of hydrogen-bond donors (Lipinski definition) is 1. The predicted octanol–water partition coefficient (Wildman–Crippen LogP) is 5.42. The second-order valence-corrected chi connectivity index (χ2v) is 5.85. The van der Waals surface area contributed by atoms with Crippen molar-refractivity contribution in [1.29, 1.82) is 0 Å². The van der Waals surface area contributed by atoms with E-state index in [1.807, 2.05) is 12.1 Å². The van der Waals surface area contributed by atoms with E-state index in [4.69, 9.17) is 23.2 Å². The third-order valence-electron chi connectivity index (χ3n) is 3.33. The molecule has 4 heteroatoms. The summed E-state index contributed by atoms with van der Waals surface area (Å²) in [5.74, 6) is -0.221. The third-order valence-corrected chi connectivity index (χ3v) is 3.89. The Morgan fingerprint density at radius 2 is 1.81 bits per heavy atom. The number of hydrogen-bond acceptors (Lipinski definition) is 1. The molecule has 0 saturated heterocycles. The van der Waals surface area contributed by atoms with Crippen LogP contribution < -0.4 is 5.32 Å². The van der Waals surface area contributed by atoms with Gasteiger partial charge in [-0.2, -0.15) is 0 Å². The quantitative estimate of drug-likeness (QED) is 0.748. The van der Waals surface area contributed by atoms with Crippen LogP contribution in [0.2, 0.25) is 10.0 Å². The highest BCUT2D eigenvalue weighted by atomic mass is 35.5. The Labute approximate surface area is 135 Å². The molecule has 1 atom stereocenters. The molecule has 2 rings (SSSR count). The van der Waals surface area contributed by atoms with E-state index in [1.54, 1.807) is 18.2 Å². The zero-order chi connectivity index (χ0) is 15.2. The van der Waals surface area contributed by atoms with Crippen LogP contribution in [0, 0.1) is 5.82 Å². The maximum atomic E-state index is 13.0. The molecule has 0 aliphatic heterocycles. The Bertz CT molecular complexity index is 584. The fraction of sp³-hybridized carbons (Fsp3) is 0.294. The Hall–Kier alpha value is -1.09. The zero-order valence-corrected chi connectivity index (χ0v) is 13.4. The molecule has 0 radical (unpaired) electrons. The lowest BCUT2D eigenvalue weighted by molar-refractivity contribution is 0.528. The summed E-state index contributed by atoms with van der Waals surface area (Å²) in [5.41, 5.74) is 2.08. The van der Waals surface area contributed by atoms with E-state index >= 15 is 0 Å². The normalized spacial score (nSPS) is 12.4. The molecular weight excluding hydrogens is 308 g/mol. The van der Waals surface area contributed by atoms with Gasteiger partial charge in [0.2, 0.25) is 0 Å². The van der Waals surface area contributed by atoms with Crippen LogP contribution >= 0.6 is 23.2 Å². The number of benzene rings is 2. The van der Waals surface area contributed by atoms with Crippen molar-refractivity contribution < 1.29 is 4.39 Å². The minimum Gasteiger partial charge on any atom is -0.310 e. The van der Waals surface area contributed by atoms with Crippen molar-refractivity contribution in [3.05, 3.63) is 69.5 Å². The van der Waals surface area contributed by atoms with Crippen LogP contribution in [0.25, 0.3) is 0 Å². The topological polar surface area (TPSA) is 12.0 Å². The van der Waals surface area contributed by atoms with E-state index in [0.717, 1.165) is 30.5 Å². The lowest BCUT2D eigenvalue weighted by Crippen LogP contribution is -2.24. The van der Waals surface area contributed by atoms with Gasteiger partial charge >= 0.3 is 0 Å². The molecule has 1 nitrogen and oxygen atoms in total. The maximum absolute atomic E-state index is 13.0. The molecule has 0 fully saturated rings. The van der Waals surface area contributed by atoms with E-state index in [2.05, 4.69) is 12.2 Å². The number of rotatable bonds is 6. The van der Waals surface area contributed by atoms with Gasteiger partial charge in [0.15, 0.2) is 0 Å². The summed E-state index contributed by atoms with van der Waals surface area (Å²) in [7, 11) is 0. The van der Waals surface area contributed by atoms with Crippen LogP contribution in [0.3, 0.4) is 0 Å². The summed E-state index contributed by atoms with van der Waals surface area (Å²) in [6, 6.07) is 12.2. The van der Waals surface area contributed by atoms with Crippen molar-refractivity contribution >= 4 is 23.2 Å². The monoisotopic (exact) mass is 325 g/mol. The first kappa shape index (κ1) is 16.3. The second-order valence-electron chi connectivity index (χ2n) is 5.00. The third kappa shape index (κ3) is 4.70. The fourth-order valence-corrected chi connectivity index (χ4v) is 2.79. The molecule has 0 heterocycles. The first-order valence-electron chi connectivity index (χ1n) is 7.03. The summed E-state index contributed by atoms with van der Waals surface area (Å²) in [4.78, 5) is 0. The smallest absolute Gasteiger partial charge is 0.123 e. The van der Waals surface area contributed by atoms with E-state index in [9.17, 15) is 4.39 Å². The summed E-state index contributed by atoms with van der Waals surface area (Å²) in [6.45, 7) is 3.01. The molecule has 21 heavy (non-hydrogen) atoms. The van der Waals surface area contributed by atoms with Gasteiger partial charge < -0.3 is 5.32 Å². The molecule has 0 amide bonds. The number of nitrogens with one attached hydrogen (secondary N) is 1. The van der Waals surface area contributed by atoms with Crippen molar-refractivity contribution in [2.45, 2.75) is 25.8 Å². The molecule has 2 aromatic rings. The van der Waals surface area contributed by atoms with E-state index < -0.39 is 0 Å². The highest BCUT2D eigenvalue weighted by Gasteiger charge is 2.15. The largest absolute Gasteiger partial charge is 0.310 e. The summed E-state index contributed by atoms with van der Waals surface area (Å²) in [5, 5.41) is 4.76. The lowest BCUT2D eigenvalue weighted by Gasteiger charge is -2.20. The molecule has 2 aromatic carbocycles. The molecule has 0 saturated carbocycles. The molecule has 1 N–H and O–H groups in total. The van der Waals surface area contributed by atoms with Crippen molar-refractivity contribution in [2.75, 3.05) is 6.54 Å². The molecule has 0 bridgehead atoms. The van der Waals surface area contributed by atoms with Crippen LogP contribution in [0.5, 0.6) is 0 Å². The van der Waals surface area contributed by atoms with Gasteiger partial charge in [0, 0.05) is 16.1 Å². The van der Waals surface area contributed by atoms with Gasteiger partial charge in [0.05, 0.1) is 0 Å². The Morgan fingerprint density at radius 1 is 1.10 bits per heavy atom. The predicted molar refractivity (Wildman–Crippen MR) is 87.6 cm³/mol. The Morgan fingerprint density at radius 3 is 2.43 bits per heavy atom. The molecule has 1 unspecified atom stereocenters. The van der Waals surface area contributed by atoms with Gasteiger partial charge in [-0.25, -0.2) is 4.39 Å². The van der Waals surface area contributed by atoms with Gasteiger partial charge in [-0.3, -0.25) is 0 Å². The maximum Gasteiger partial charge on any atom is 0.123 e. The molecule has 0 aliphatic rings. The molecule has 112 valence electrons. The summed E-state index contributed by atoms with van der Waals surface area (Å²) >= 11 is 12.3. The SMILES string of the molecule is CCCNC(Cc1ccc(F)cc1)c1ccc(Cl)cc1Cl. The molecular formula is C17H18Cl2FN. The summed E-state index contributed by atoms with van der Waals surface area (Å²) < 4.78 is 13.0. The van der Waals surface area contributed by atoms with Crippen LogP contribution in [-0.4, -0.2) is 6.54 Å². The molecule has 0 aromatic heterocycles. The minimum atomic E-state index is -0.221. The molecule has 0 aliphatic carbocycles. The minimum absolute atomic E-state index is 0.0835. The lowest BCUT2D eigenvalue weighted by atomic mass is 9.98. The van der Waals surface area contributed by atoms with Crippen molar-refractivity contribution in [1.82, 2.24) is 5.32 Å². The van der Waals surface area contributed by atoms with Crippen molar-refractivity contribution in [3.63, 3.8) is 0 Å². The van der Waals surface area contributed by atoms with Crippen LogP contribution in [0.1, 0.15) is 30.5 Å². The van der Waals surface area contributed by atoms with Gasteiger partial charge in [-0.05, 0) is 54.8 Å². The van der Waals surface area contributed by atoms with E-state index in [-0.39, 0.29) is 11.9 Å². The zero-order valence-electron chi connectivity index (χ0n) is 11.9. The van der Waals surface area contributed by atoms with Crippen molar-refractivity contribution in [3.8, 4) is 0 Å². The molecule has 0 spiro atoms. The number of halogens is 3. The van der Waals surface area contributed by atoms with E-state index in [0.29, 0.717) is 10.0 Å². The van der Waals surface area contributed by atoms with Crippen LogP contribution in [0.15, 0.2) is 42.5 Å². The standard InChI is InChI=1S/C17H18Cl2FN/c1-2-9-21-17(10-12-3-6-14(20)7-4-12)15-8-5-13(18)11-16(15)19/h3-8,11,17,21H,2,9-10H2,1H3. The van der Waals surface area contributed by atoms with Crippen LogP contribution in [0.4, 0.5) is 4.39 Å². The first-order valence-corrected chi connectivity index (χ1v) is 7.78. The van der Waals surface area contributed by atoms with Gasteiger partial charge in [0.1, 0.15) is 5.82 Å². The second kappa shape index (κ2) is 7.79. The van der Waals surface area contributed by atoms with Crippen LogP contribution in [-0.2, 0) is 6.42 Å². The van der Waals surface area contributed by atoms with E-state index in [1.165, 1.54) is 12.1 Å². The van der Waals surface area contributed by atoms with Gasteiger partial charge in [0.25, 0.3) is 0 Å². The van der Waals surface area contributed by atoms with Crippen molar-refractivity contribution in [2.24, 2.45) is 0 Å². The average Bonchev–Trinajstić information content (AvgIpc) is 2.46. The van der Waals surface area contributed by atoms with Gasteiger partial charge in [-0.1, -0.05) is 48.3 Å². The average molecular weight is 326 g/mol. The highest BCUT2D eigenvalue weighted by Crippen LogP contribution is 2.28. The first-order chi connectivity index (χ1) is 10.1. The summed E-state index contributed by atoms with van der Waals surface area (Å²) in [6.07, 6.45) is 1.78.